The van der Waals surface area contributed by atoms with Crippen LogP contribution < -0.4 is 11.1 Å². The van der Waals surface area contributed by atoms with Crippen LogP contribution in [0.3, 0.4) is 0 Å². The molecule has 0 aliphatic carbocycles. The van der Waals surface area contributed by atoms with E-state index in [4.69, 9.17) is 5.73 Å². The van der Waals surface area contributed by atoms with Gasteiger partial charge in [0.2, 0.25) is 5.91 Å². The van der Waals surface area contributed by atoms with Crippen LogP contribution in [0.2, 0.25) is 0 Å². The van der Waals surface area contributed by atoms with E-state index in [1.165, 1.54) is 6.07 Å². The minimum absolute atomic E-state index is 0.158. The molecule has 0 unspecified atom stereocenters. The fourth-order valence-electron chi connectivity index (χ4n) is 0.978. The number of halogens is 2. The molecule has 0 heterocycles. The Balaban J connectivity index is 2.42. The van der Waals surface area contributed by atoms with Crippen LogP contribution in [0.25, 0.3) is 0 Å². The third-order valence-electron chi connectivity index (χ3n) is 1.73. The zero-order valence-corrected chi connectivity index (χ0v) is 9.32. The molecule has 3 nitrogen and oxygen atoms in total. The van der Waals surface area contributed by atoms with Gasteiger partial charge in [0.25, 0.3) is 0 Å². The summed E-state index contributed by atoms with van der Waals surface area (Å²) in [7, 11) is 0. The molecule has 0 saturated heterocycles. The van der Waals surface area contributed by atoms with Gasteiger partial charge in [-0.25, -0.2) is 8.78 Å². The van der Waals surface area contributed by atoms with E-state index in [1.54, 1.807) is 0 Å². The largest absolute Gasteiger partial charge is 0.354 e. The Morgan fingerprint density at radius 2 is 2.12 bits per heavy atom. The lowest BCUT2D eigenvalue weighted by atomic mass is 10.3. The van der Waals surface area contributed by atoms with Gasteiger partial charge >= 0.3 is 0 Å². The first-order valence-electron chi connectivity index (χ1n) is 4.68. The summed E-state index contributed by atoms with van der Waals surface area (Å²) in [5.74, 6) is -1.82. The molecule has 0 spiro atoms. The Morgan fingerprint density at radius 1 is 1.38 bits per heavy atom. The molecule has 0 radical (unpaired) electrons. The molecule has 0 aromatic heterocycles. The van der Waals surface area contributed by atoms with Gasteiger partial charge in [0, 0.05) is 18.0 Å². The maximum atomic E-state index is 12.8. The van der Waals surface area contributed by atoms with Crippen molar-refractivity contribution >= 4 is 17.7 Å². The number of benzene rings is 1. The van der Waals surface area contributed by atoms with E-state index in [-0.39, 0.29) is 11.7 Å². The molecule has 0 bridgehead atoms. The molecule has 1 aromatic rings. The van der Waals surface area contributed by atoms with Crippen molar-refractivity contribution in [3.63, 3.8) is 0 Å². The van der Waals surface area contributed by atoms with Gasteiger partial charge in [-0.1, -0.05) is 0 Å². The zero-order valence-electron chi connectivity index (χ0n) is 8.50. The fraction of sp³-hybridized carbons (Fsp3) is 0.300. The van der Waals surface area contributed by atoms with E-state index in [9.17, 15) is 13.6 Å². The highest BCUT2D eigenvalue weighted by molar-refractivity contribution is 8.00. The summed E-state index contributed by atoms with van der Waals surface area (Å²) < 4.78 is 25.4. The van der Waals surface area contributed by atoms with E-state index in [1.807, 2.05) is 0 Å². The molecular formula is C10H12F2N2OS. The van der Waals surface area contributed by atoms with Crippen LogP contribution in [-0.4, -0.2) is 24.7 Å². The number of carbonyl (C=O) groups excluding carboxylic acids is 1. The normalized spacial score (nSPS) is 10.2. The van der Waals surface area contributed by atoms with Crippen molar-refractivity contribution in [3.05, 3.63) is 29.8 Å². The summed E-state index contributed by atoms with van der Waals surface area (Å²) >= 11 is 1.14. The first-order valence-corrected chi connectivity index (χ1v) is 5.66. The van der Waals surface area contributed by atoms with Crippen molar-refractivity contribution in [2.45, 2.75) is 4.90 Å². The predicted octanol–water partition coefficient (Wildman–Crippen LogP) is 1.13. The predicted molar refractivity (Wildman–Crippen MR) is 59.1 cm³/mol. The second-order valence-corrected chi connectivity index (χ2v) is 4.05. The molecule has 1 aromatic carbocycles. The summed E-state index contributed by atoms with van der Waals surface area (Å²) in [4.78, 5) is 11.7. The number of carbonyl (C=O) groups is 1. The number of thioether (sulfide) groups is 1. The Hall–Kier alpha value is -1.14. The quantitative estimate of drug-likeness (QED) is 0.766. The van der Waals surface area contributed by atoms with E-state index < -0.39 is 11.6 Å². The molecule has 3 N–H and O–H groups in total. The zero-order chi connectivity index (χ0) is 12.0. The summed E-state index contributed by atoms with van der Waals surface area (Å²) in [5, 5.41) is 2.58. The van der Waals surface area contributed by atoms with Gasteiger partial charge in [-0.2, -0.15) is 0 Å². The molecular weight excluding hydrogens is 234 g/mol. The third kappa shape index (κ3) is 4.16. The first-order chi connectivity index (χ1) is 7.63. The molecule has 1 rings (SSSR count). The standard InChI is InChI=1S/C10H12F2N2OS/c11-8-2-1-7(5-9(8)12)16-6-10(15)14-4-3-13/h1-2,5H,3-4,6,13H2,(H,14,15). The minimum atomic E-state index is -0.910. The van der Waals surface area contributed by atoms with Crippen molar-refractivity contribution in [2.24, 2.45) is 5.73 Å². The van der Waals surface area contributed by atoms with Crippen molar-refractivity contribution in [3.8, 4) is 0 Å². The molecule has 0 saturated carbocycles. The van der Waals surface area contributed by atoms with E-state index in [0.29, 0.717) is 18.0 Å². The van der Waals surface area contributed by atoms with Crippen molar-refractivity contribution in [1.82, 2.24) is 5.32 Å². The van der Waals surface area contributed by atoms with Crippen molar-refractivity contribution in [1.29, 1.82) is 0 Å². The molecule has 88 valence electrons. The molecule has 0 atom stereocenters. The van der Waals surface area contributed by atoms with Crippen LogP contribution in [0, 0.1) is 11.6 Å². The van der Waals surface area contributed by atoms with Gasteiger partial charge < -0.3 is 11.1 Å². The van der Waals surface area contributed by atoms with Gasteiger partial charge in [-0.15, -0.1) is 11.8 Å². The molecule has 16 heavy (non-hydrogen) atoms. The summed E-state index contributed by atoms with van der Waals surface area (Å²) in [6.45, 7) is 0.790. The topological polar surface area (TPSA) is 55.1 Å². The van der Waals surface area contributed by atoms with Gasteiger partial charge in [0.15, 0.2) is 11.6 Å². The summed E-state index contributed by atoms with van der Waals surface area (Å²) in [6, 6.07) is 3.53. The van der Waals surface area contributed by atoms with Crippen LogP contribution >= 0.6 is 11.8 Å². The van der Waals surface area contributed by atoms with Gasteiger partial charge in [-0.05, 0) is 18.2 Å². The maximum Gasteiger partial charge on any atom is 0.230 e. The molecule has 0 aliphatic rings. The third-order valence-corrected chi connectivity index (χ3v) is 2.72. The van der Waals surface area contributed by atoms with Crippen LogP contribution in [0.4, 0.5) is 8.78 Å². The second-order valence-electron chi connectivity index (χ2n) is 3.00. The smallest absolute Gasteiger partial charge is 0.230 e. The van der Waals surface area contributed by atoms with Gasteiger partial charge in [-0.3, -0.25) is 4.79 Å². The fourth-order valence-corrected chi connectivity index (χ4v) is 1.73. The van der Waals surface area contributed by atoms with Crippen LogP contribution in [0.1, 0.15) is 0 Å². The number of nitrogens with two attached hydrogens (primary N) is 1. The van der Waals surface area contributed by atoms with Crippen LogP contribution in [0.5, 0.6) is 0 Å². The summed E-state index contributed by atoms with van der Waals surface area (Å²) in [5.41, 5.74) is 5.21. The number of hydrogen-bond acceptors (Lipinski definition) is 3. The lowest BCUT2D eigenvalue weighted by molar-refractivity contribution is -0.118. The Labute approximate surface area is 96.4 Å². The average Bonchev–Trinajstić information content (AvgIpc) is 2.28. The number of amides is 1. The van der Waals surface area contributed by atoms with Crippen LogP contribution in [-0.2, 0) is 4.79 Å². The lowest BCUT2D eigenvalue weighted by Gasteiger charge is -2.03. The highest BCUT2D eigenvalue weighted by Gasteiger charge is 2.05. The number of hydrogen-bond donors (Lipinski definition) is 2. The number of rotatable bonds is 5. The molecule has 0 aliphatic heterocycles. The minimum Gasteiger partial charge on any atom is -0.354 e. The van der Waals surface area contributed by atoms with Crippen molar-refractivity contribution in [2.75, 3.05) is 18.8 Å². The highest BCUT2D eigenvalue weighted by Crippen LogP contribution is 2.19. The van der Waals surface area contributed by atoms with E-state index >= 15 is 0 Å². The lowest BCUT2D eigenvalue weighted by Crippen LogP contribution is -2.30. The Kier molecular flexibility index (Phi) is 5.21. The van der Waals surface area contributed by atoms with E-state index in [2.05, 4.69) is 5.32 Å². The van der Waals surface area contributed by atoms with Gasteiger partial charge in [0.05, 0.1) is 5.75 Å². The Morgan fingerprint density at radius 3 is 2.75 bits per heavy atom. The average molecular weight is 246 g/mol. The first kappa shape index (κ1) is 12.9. The Bertz CT molecular complexity index is 374. The number of nitrogens with one attached hydrogen (secondary N) is 1. The summed E-state index contributed by atoms with van der Waals surface area (Å²) in [6.07, 6.45) is 0. The van der Waals surface area contributed by atoms with Gasteiger partial charge in [0.1, 0.15) is 0 Å². The molecule has 0 fully saturated rings. The second kappa shape index (κ2) is 6.44. The highest BCUT2D eigenvalue weighted by atomic mass is 32.2. The van der Waals surface area contributed by atoms with Crippen LogP contribution in [0.15, 0.2) is 23.1 Å². The SMILES string of the molecule is NCCNC(=O)CSc1ccc(F)c(F)c1. The van der Waals surface area contributed by atoms with E-state index in [0.717, 1.165) is 23.9 Å². The monoisotopic (exact) mass is 246 g/mol. The molecule has 6 heteroatoms. The maximum absolute atomic E-state index is 12.8. The van der Waals surface area contributed by atoms with Crippen molar-refractivity contribution < 1.29 is 13.6 Å². The molecule has 1 amide bonds.